The molecule has 1 aromatic heterocycles. The maximum Gasteiger partial charge on any atom is 0.148 e. The summed E-state index contributed by atoms with van der Waals surface area (Å²) >= 11 is 0. The highest BCUT2D eigenvalue weighted by Crippen LogP contribution is 2.11. The number of rotatable bonds is 5. The second-order valence-corrected chi connectivity index (χ2v) is 4.95. The van der Waals surface area contributed by atoms with Crippen molar-refractivity contribution in [1.29, 1.82) is 0 Å². The second-order valence-electron chi connectivity index (χ2n) is 4.95. The predicted octanol–water partition coefficient (Wildman–Crippen LogP) is 3.16. The van der Waals surface area contributed by atoms with Crippen LogP contribution < -0.4 is 5.32 Å². The summed E-state index contributed by atoms with van der Waals surface area (Å²) in [5.41, 5.74) is 2.74. The van der Waals surface area contributed by atoms with E-state index in [9.17, 15) is 0 Å². The van der Waals surface area contributed by atoms with E-state index in [0.29, 0.717) is 6.04 Å². The highest BCUT2D eigenvalue weighted by Gasteiger charge is 2.04. The van der Waals surface area contributed by atoms with Crippen LogP contribution in [0.1, 0.15) is 24.5 Å². The van der Waals surface area contributed by atoms with Crippen LogP contribution in [0.3, 0.4) is 0 Å². The molecule has 0 saturated heterocycles. The fraction of sp³-hybridized carbons (Fsp3) is 0.400. The Bertz CT molecular complexity index is 502. The molecule has 0 fully saturated rings. The average Bonchev–Trinajstić information content (AvgIpc) is 2.72. The smallest absolute Gasteiger partial charge is 0.148 e. The Morgan fingerprint density at radius 1 is 1.33 bits per heavy atom. The quantitative estimate of drug-likeness (QED) is 0.874. The van der Waals surface area contributed by atoms with Gasteiger partial charge in [-0.05, 0) is 32.3 Å². The van der Waals surface area contributed by atoms with E-state index in [1.807, 2.05) is 24.0 Å². The molecule has 0 bridgehead atoms. The van der Waals surface area contributed by atoms with Gasteiger partial charge in [0.2, 0.25) is 0 Å². The van der Waals surface area contributed by atoms with Crippen LogP contribution in [0.15, 0.2) is 36.5 Å². The summed E-state index contributed by atoms with van der Waals surface area (Å²) in [5, 5.41) is 7.74. The number of aromatic nitrogens is 2. The lowest BCUT2D eigenvalue weighted by Gasteiger charge is -2.13. The van der Waals surface area contributed by atoms with Crippen LogP contribution in [0, 0.1) is 6.92 Å². The van der Waals surface area contributed by atoms with Crippen molar-refractivity contribution in [2.24, 2.45) is 7.05 Å². The van der Waals surface area contributed by atoms with Gasteiger partial charge in [-0.1, -0.05) is 29.8 Å². The lowest BCUT2D eigenvalue weighted by molar-refractivity contribution is 0.694. The summed E-state index contributed by atoms with van der Waals surface area (Å²) in [7, 11) is 1.93. The molecular formula is C15H21N3. The van der Waals surface area contributed by atoms with E-state index in [0.717, 1.165) is 18.7 Å². The van der Waals surface area contributed by atoms with Crippen molar-refractivity contribution >= 4 is 5.82 Å². The van der Waals surface area contributed by atoms with E-state index in [-0.39, 0.29) is 0 Å². The normalized spacial score (nSPS) is 12.4. The number of aryl methyl sites for hydroxylation is 3. The Morgan fingerprint density at radius 2 is 2.17 bits per heavy atom. The lowest BCUT2D eigenvalue weighted by Crippen LogP contribution is -2.16. The van der Waals surface area contributed by atoms with Crippen molar-refractivity contribution in [3.05, 3.63) is 47.7 Å². The molecule has 2 rings (SSSR count). The topological polar surface area (TPSA) is 29.9 Å². The summed E-state index contributed by atoms with van der Waals surface area (Å²) in [6, 6.07) is 11.2. The molecule has 3 nitrogen and oxygen atoms in total. The van der Waals surface area contributed by atoms with Gasteiger partial charge in [-0.3, -0.25) is 4.68 Å². The van der Waals surface area contributed by atoms with E-state index in [1.54, 1.807) is 0 Å². The predicted molar refractivity (Wildman–Crippen MR) is 75.8 cm³/mol. The van der Waals surface area contributed by atoms with E-state index in [4.69, 9.17) is 0 Å². The van der Waals surface area contributed by atoms with Crippen molar-refractivity contribution < 1.29 is 0 Å². The van der Waals surface area contributed by atoms with Crippen molar-refractivity contribution in [2.75, 3.05) is 5.32 Å². The highest BCUT2D eigenvalue weighted by atomic mass is 15.3. The van der Waals surface area contributed by atoms with Crippen molar-refractivity contribution in [3.63, 3.8) is 0 Å². The summed E-state index contributed by atoms with van der Waals surface area (Å²) in [4.78, 5) is 0. The van der Waals surface area contributed by atoms with Gasteiger partial charge in [0.1, 0.15) is 5.82 Å². The molecule has 0 amide bonds. The molecule has 96 valence electrons. The van der Waals surface area contributed by atoms with Crippen molar-refractivity contribution in [2.45, 2.75) is 32.7 Å². The minimum atomic E-state index is 0.431. The summed E-state index contributed by atoms with van der Waals surface area (Å²) in [6.07, 6.45) is 4.16. The molecule has 0 aliphatic heterocycles. The molecule has 3 heteroatoms. The lowest BCUT2D eigenvalue weighted by atomic mass is 10.0. The van der Waals surface area contributed by atoms with Gasteiger partial charge in [0.15, 0.2) is 0 Å². The Labute approximate surface area is 109 Å². The minimum absolute atomic E-state index is 0.431. The highest BCUT2D eigenvalue weighted by molar-refractivity contribution is 5.33. The van der Waals surface area contributed by atoms with Crippen LogP contribution in [0.25, 0.3) is 0 Å². The van der Waals surface area contributed by atoms with Crippen LogP contribution in [-0.2, 0) is 13.5 Å². The molecule has 1 unspecified atom stereocenters. The van der Waals surface area contributed by atoms with E-state index in [2.05, 4.69) is 48.5 Å². The van der Waals surface area contributed by atoms with Crippen LogP contribution in [0.2, 0.25) is 0 Å². The standard InChI is InChI=1S/C15H21N3/c1-12-5-4-6-14(11-12)8-7-13(2)16-15-9-10-18(3)17-15/h4-6,9-11,13H,7-8H2,1-3H3,(H,16,17). The molecule has 0 saturated carbocycles. The Hall–Kier alpha value is -1.77. The van der Waals surface area contributed by atoms with Gasteiger partial charge in [0, 0.05) is 25.4 Å². The Kier molecular flexibility index (Phi) is 4.03. The zero-order valence-electron chi connectivity index (χ0n) is 11.4. The molecular weight excluding hydrogens is 222 g/mol. The van der Waals surface area contributed by atoms with Gasteiger partial charge in [-0.2, -0.15) is 5.10 Å². The SMILES string of the molecule is Cc1cccc(CCC(C)Nc2ccn(C)n2)c1. The largest absolute Gasteiger partial charge is 0.366 e. The fourth-order valence-corrected chi connectivity index (χ4v) is 2.07. The minimum Gasteiger partial charge on any atom is -0.366 e. The monoisotopic (exact) mass is 243 g/mol. The fourth-order valence-electron chi connectivity index (χ4n) is 2.07. The van der Waals surface area contributed by atoms with Crippen LogP contribution in [-0.4, -0.2) is 15.8 Å². The third kappa shape index (κ3) is 3.62. The summed E-state index contributed by atoms with van der Waals surface area (Å²) in [5.74, 6) is 0.953. The molecule has 0 aliphatic rings. The molecule has 0 spiro atoms. The van der Waals surface area contributed by atoms with Crippen LogP contribution in [0.4, 0.5) is 5.82 Å². The van der Waals surface area contributed by atoms with Gasteiger partial charge >= 0.3 is 0 Å². The van der Waals surface area contributed by atoms with Crippen LogP contribution in [0.5, 0.6) is 0 Å². The number of nitrogens with one attached hydrogen (secondary N) is 1. The third-order valence-electron chi connectivity index (χ3n) is 3.06. The molecule has 2 aromatic rings. The molecule has 1 aromatic carbocycles. The number of nitrogens with zero attached hydrogens (tertiary/aromatic N) is 2. The zero-order valence-corrected chi connectivity index (χ0v) is 11.4. The van der Waals surface area contributed by atoms with E-state index >= 15 is 0 Å². The molecule has 1 atom stereocenters. The summed E-state index contributed by atoms with van der Waals surface area (Å²) < 4.78 is 1.82. The summed E-state index contributed by atoms with van der Waals surface area (Å²) in [6.45, 7) is 4.34. The van der Waals surface area contributed by atoms with E-state index in [1.165, 1.54) is 11.1 Å². The molecule has 18 heavy (non-hydrogen) atoms. The first-order valence-electron chi connectivity index (χ1n) is 6.45. The third-order valence-corrected chi connectivity index (χ3v) is 3.06. The maximum absolute atomic E-state index is 4.33. The molecule has 1 N–H and O–H groups in total. The Morgan fingerprint density at radius 3 is 2.83 bits per heavy atom. The number of anilines is 1. The van der Waals surface area contributed by atoms with Crippen molar-refractivity contribution in [1.82, 2.24) is 9.78 Å². The zero-order chi connectivity index (χ0) is 13.0. The molecule has 0 radical (unpaired) electrons. The maximum atomic E-state index is 4.33. The molecule has 0 aliphatic carbocycles. The number of hydrogen-bond donors (Lipinski definition) is 1. The number of hydrogen-bond acceptors (Lipinski definition) is 2. The van der Waals surface area contributed by atoms with Gasteiger partial charge in [0.05, 0.1) is 0 Å². The number of benzene rings is 1. The van der Waals surface area contributed by atoms with Gasteiger partial charge < -0.3 is 5.32 Å². The van der Waals surface area contributed by atoms with Crippen LogP contribution >= 0.6 is 0 Å². The first-order chi connectivity index (χ1) is 8.63. The van der Waals surface area contributed by atoms with Gasteiger partial charge in [-0.25, -0.2) is 0 Å². The Balaban J connectivity index is 1.83. The van der Waals surface area contributed by atoms with Crippen molar-refractivity contribution in [3.8, 4) is 0 Å². The average molecular weight is 243 g/mol. The van der Waals surface area contributed by atoms with Gasteiger partial charge in [-0.15, -0.1) is 0 Å². The van der Waals surface area contributed by atoms with E-state index < -0.39 is 0 Å². The first kappa shape index (κ1) is 12.7. The van der Waals surface area contributed by atoms with Gasteiger partial charge in [0.25, 0.3) is 0 Å². The molecule has 1 heterocycles. The second kappa shape index (κ2) is 5.71. The first-order valence-corrected chi connectivity index (χ1v) is 6.45.